The molecule has 0 saturated heterocycles. The van der Waals surface area contributed by atoms with E-state index in [1.165, 1.54) is 0 Å². The molecule has 0 aliphatic heterocycles. The topological polar surface area (TPSA) is 32.7 Å². The van der Waals surface area contributed by atoms with E-state index in [0.717, 1.165) is 12.7 Å². The monoisotopic (exact) mass is 186 g/mol. The van der Waals surface area contributed by atoms with E-state index in [9.17, 15) is 4.79 Å². The number of nitrogens with zero attached hydrogens (tertiary/aromatic N) is 2. The largest absolute Gasteiger partial charge is 0.328 e. The van der Waals surface area contributed by atoms with Gasteiger partial charge in [-0.05, 0) is 6.42 Å². The van der Waals surface area contributed by atoms with Crippen LogP contribution in [0.25, 0.3) is 0 Å². The van der Waals surface area contributed by atoms with E-state index < -0.39 is 8.24 Å². The molecule has 4 heteroatoms. The minimum absolute atomic E-state index is 0.572. The molecule has 0 aliphatic carbocycles. The quantitative estimate of drug-likeness (QED) is 0.215. The average Bonchev–Trinajstić information content (AvgIpc) is 1.96. The van der Waals surface area contributed by atoms with Crippen molar-refractivity contribution in [1.29, 1.82) is 0 Å². The lowest BCUT2D eigenvalue weighted by atomic mass is 10.4. The Morgan fingerprint density at radius 2 is 1.92 bits per heavy atom. The summed E-state index contributed by atoms with van der Waals surface area (Å²) in [6.45, 7) is 6.68. The van der Waals surface area contributed by atoms with Gasteiger partial charge in [0.15, 0.2) is 8.24 Å². The summed E-state index contributed by atoms with van der Waals surface area (Å²) in [5.41, 5.74) is 0. The van der Waals surface area contributed by atoms with Crippen LogP contribution in [0.2, 0.25) is 19.6 Å². The Morgan fingerprint density at radius 3 is 2.33 bits per heavy atom. The average molecular weight is 186 g/mol. The lowest BCUT2D eigenvalue weighted by molar-refractivity contribution is -0.107. The van der Waals surface area contributed by atoms with Crippen LogP contribution >= 0.6 is 0 Å². The molecule has 0 saturated carbocycles. The van der Waals surface area contributed by atoms with Crippen molar-refractivity contribution < 1.29 is 4.79 Å². The van der Waals surface area contributed by atoms with Crippen molar-refractivity contribution in [2.75, 3.05) is 7.05 Å². The van der Waals surface area contributed by atoms with Crippen molar-refractivity contribution in [2.24, 2.45) is 5.10 Å². The first-order chi connectivity index (χ1) is 5.48. The van der Waals surface area contributed by atoms with Crippen molar-refractivity contribution in [3.05, 3.63) is 0 Å². The van der Waals surface area contributed by atoms with Crippen LogP contribution in [0.15, 0.2) is 5.10 Å². The normalized spacial score (nSPS) is 12.0. The highest BCUT2D eigenvalue weighted by Gasteiger charge is 2.17. The van der Waals surface area contributed by atoms with E-state index in [0.29, 0.717) is 6.42 Å². The zero-order valence-electron chi connectivity index (χ0n) is 8.37. The molecule has 0 aromatic heterocycles. The maximum Gasteiger partial charge on any atom is 0.168 e. The number of hydrazone groups is 1. The van der Waals surface area contributed by atoms with Gasteiger partial charge in [-0.25, -0.2) is 0 Å². The summed E-state index contributed by atoms with van der Waals surface area (Å²) in [6.07, 6.45) is 4.05. The van der Waals surface area contributed by atoms with Gasteiger partial charge in [0.1, 0.15) is 6.29 Å². The van der Waals surface area contributed by atoms with Crippen molar-refractivity contribution in [1.82, 2.24) is 4.67 Å². The third-order valence-electron chi connectivity index (χ3n) is 1.64. The zero-order valence-corrected chi connectivity index (χ0v) is 9.37. The van der Waals surface area contributed by atoms with Crippen LogP contribution in [-0.4, -0.2) is 32.5 Å². The lowest BCUT2D eigenvalue weighted by Gasteiger charge is -2.26. The number of carbonyl (C=O) groups excluding carboxylic acids is 1. The highest BCUT2D eigenvalue weighted by Crippen LogP contribution is 2.05. The highest BCUT2D eigenvalue weighted by molar-refractivity contribution is 6.73. The van der Waals surface area contributed by atoms with E-state index in [4.69, 9.17) is 0 Å². The van der Waals surface area contributed by atoms with Gasteiger partial charge in [-0.3, -0.25) is 0 Å². The van der Waals surface area contributed by atoms with Crippen molar-refractivity contribution in [2.45, 2.75) is 32.5 Å². The third kappa shape index (κ3) is 5.07. The van der Waals surface area contributed by atoms with Crippen LogP contribution < -0.4 is 0 Å². The van der Waals surface area contributed by atoms with E-state index in [1.807, 2.05) is 17.9 Å². The summed E-state index contributed by atoms with van der Waals surface area (Å²) < 4.78 is 2.03. The molecular weight excluding hydrogens is 168 g/mol. The number of hydrogen-bond donors (Lipinski definition) is 0. The Hall–Kier alpha value is -0.643. The Bertz CT molecular complexity index is 163. The van der Waals surface area contributed by atoms with Crippen LogP contribution in [0.4, 0.5) is 0 Å². The number of carbonyl (C=O) groups is 1. The summed E-state index contributed by atoms with van der Waals surface area (Å²) in [4.78, 5) is 9.98. The summed E-state index contributed by atoms with van der Waals surface area (Å²) >= 11 is 0. The predicted octanol–water partition coefficient (Wildman–Crippen LogP) is 1.72. The number of rotatable bonds is 5. The van der Waals surface area contributed by atoms with Crippen LogP contribution in [-0.2, 0) is 4.79 Å². The van der Waals surface area contributed by atoms with E-state index in [1.54, 1.807) is 0 Å². The molecule has 0 bridgehead atoms. The highest BCUT2D eigenvalue weighted by atomic mass is 28.3. The fraction of sp³-hybridized carbons (Fsp3) is 0.750. The Morgan fingerprint density at radius 1 is 1.33 bits per heavy atom. The number of unbranched alkanes of at least 4 members (excludes halogenated alkanes) is 1. The van der Waals surface area contributed by atoms with Crippen LogP contribution in [0.5, 0.6) is 0 Å². The van der Waals surface area contributed by atoms with E-state index in [2.05, 4.69) is 24.7 Å². The maximum atomic E-state index is 9.98. The second kappa shape index (κ2) is 5.08. The summed E-state index contributed by atoms with van der Waals surface area (Å²) in [6, 6.07) is 0. The number of hydrogen-bond acceptors (Lipinski definition) is 3. The second-order valence-electron chi connectivity index (χ2n) is 3.74. The Kier molecular flexibility index (Phi) is 4.81. The Balaban J connectivity index is 3.75. The SMILES string of the molecule is CN(N=CCCC=O)[Si](C)(C)C. The zero-order chi connectivity index (χ0) is 9.61. The molecule has 0 spiro atoms. The molecule has 0 amide bonds. The van der Waals surface area contributed by atoms with Gasteiger partial charge in [-0.1, -0.05) is 19.6 Å². The number of aldehydes is 1. The Labute approximate surface area is 75.5 Å². The van der Waals surface area contributed by atoms with Gasteiger partial charge in [0.2, 0.25) is 0 Å². The maximum absolute atomic E-state index is 9.98. The molecule has 3 nitrogen and oxygen atoms in total. The molecule has 0 heterocycles. The van der Waals surface area contributed by atoms with Crippen LogP contribution in [0, 0.1) is 0 Å². The second-order valence-corrected chi connectivity index (χ2v) is 8.73. The molecule has 12 heavy (non-hydrogen) atoms. The molecular formula is C8H18N2OSi. The minimum atomic E-state index is -1.27. The molecule has 0 aromatic carbocycles. The van der Waals surface area contributed by atoms with Gasteiger partial charge < -0.3 is 9.47 Å². The first-order valence-corrected chi connectivity index (χ1v) is 7.63. The summed E-state index contributed by atoms with van der Waals surface area (Å²) in [5, 5.41) is 4.24. The van der Waals surface area contributed by atoms with Crippen molar-refractivity contribution >= 4 is 20.7 Å². The molecule has 0 atom stereocenters. The lowest BCUT2D eigenvalue weighted by Crippen LogP contribution is -2.39. The fourth-order valence-electron chi connectivity index (χ4n) is 0.496. The first kappa shape index (κ1) is 11.4. The summed E-state index contributed by atoms with van der Waals surface area (Å²) in [5.74, 6) is 0. The van der Waals surface area contributed by atoms with Crippen LogP contribution in [0.3, 0.4) is 0 Å². The van der Waals surface area contributed by atoms with E-state index in [-0.39, 0.29) is 0 Å². The molecule has 0 N–H and O–H groups in total. The summed E-state index contributed by atoms with van der Waals surface area (Å²) in [7, 11) is 0.716. The van der Waals surface area contributed by atoms with E-state index >= 15 is 0 Å². The smallest absolute Gasteiger partial charge is 0.168 e. The van der Waals surface area contributed by atoms with Gasteiger partial charge in [0.25, 0.3) is 0 Å². The molecule has 0 unspecified atom stereocenters. The van der Waals surface area contributed by atoms with Gasteiger partial charge in [0, 0.05) is 19.7 Å². The molecule has 70 valence electrons. The third-order valence-corrected chi connectivity index (χ3v) is 3.70. The fourth-order valence-corrected chi connectivity index (χ4v) is 0.924. The van der Waals surface area contributed by atoms with Gasteiger partial charge in [-0.15, -0.1) is 0 Å². The molecule has 0 aliphatic rings. The molecule has 0 fully saturated rings. The van der Waals surface area contributed by atoms with Crippen LogP contribution in [0.1, 0.15) is 12.8 Å². The van der Waals surface area contributed by atoms with Gasteiger partial charge in [-0.2, -0.15) is 5.10 Å². The molecule has 0 radical (unpaired) electrons. The molecule has 0 aromatic rings. The standard InChI is InChI=1S/C8H18N2OSi/c1-10(12(2,3)4)9-7-5-6-8-11/h7-8H,5-6H2,1-4H3. The minimum Gasteiger partial charge on any atom is -0.328 e. The van der Waals surface area contributed by atoms with Crippen molar-refractivity contribution in [3.8, 4) is 0 Å². The molecule has 0 rings (SSSR count). The predicted molar refractivity (Wildman–Crippen MR) is 54.9 cm³/mol. The van der Waals surface area contributed by atoms with Crippen molar-refractivity contribution in [3.63, 3.8) is 0 Å². The first-order valence-electron chi connectivity index (χ1n) is 4.18. The van der Waals surface area contributed by atoms with Gasteiger partial charge in [0.05, 0.1) is 0 Å². The van der Waals surface area contributed by atoms with Gasteiger partial charge >= 0.3 is 0 Å².